The van der Waals surface area contributed by atoms with E-state index in [0.29, 0.717) is 29.4 Å². The first-order chi connectivity index (χ1) is 12.0. The van der Waals surface area contributed by atoms with E-state index >= 15 is 0 Å². The molecule has 0 bridgehead atoms. The van der Waals surface area contributed by atoms with E-state index in [0.717, 1.165) is 5.56 Å². The Morgan fingerprint density at radius 3 is 2.40 bits per heavy atom. The molecule has 130 valence electrons. The molecule has 0 aliphatic rings. The molecule has 0 aliphatic carbocycles. The highest BCUT2D eigenvalue weighted by Crippen LogP contribution is 2.28. The van der Waals surface area contributed by atoms with Gasteiger partial charge >= 0.3 is 0 Å². The van der Waals surface area contributed by atoms with Crippen molar-refractivity contribution in [3.05, 3.63) is 59.7 Å². The lowest BCUT2D eigenvalue weighted by Crippen LogP contribution is -2.07. The summed E-state index contributed by atoms with van der Waals surface area (Å²) in [5.74, 6) is 1.01. The number of methoxy groups -OCH3 is 1. The van der Waals surface area contributed by atoms with Gasteiger partial charge in [0.25, 0.3) is 0 Å². The molecule has 0 aliphatic heterocycles. The van der Waals surface area contributed by atoms with Gasteiger partial charge in [-0.25, -0.2) is 0 Å². The zero-order valence-electron chi connectivity index (χ0n) is 14.5. The summed E-state index contributed by atoms with van der Waals surface area (Å²) in [5.41, 5.74) is 2.06. The van der Waals surface area contributed by atoms with Crippen LogP contribution in [0, 0.1) is 0 Å². The summed E-state index contributed by atoms with van der Waals surface area (Å²) in [6.07, 6.45) is 3.13. The number of carbonyl (C=O) groups is 2. The number of ether oxygens (including phenoxy) is 2. The van der Waals surface area contributed by atoms with Crippen LogP contribution in [0.15, 0.2) is 48.5 Å². The predicted octanol–water partition coefficient (Wildman–Crippen LogP) is 3.95. The Hall–Kier alpha value is -3.08. The van der Waals surface area contributed by atoms with Crippen molar-refractivity contribution < 1.29 is 19.1 Å². The molecule has 0 radical (unpaired) electrons. The van der Waals surface area contributed by atoms with Crippen molar-refractivity contribution in [3.63, 3.8) is 0 Å². The number of hydrogen-bond acceptors (Lipinski definition) is 4. The van der Waals surface area contributed by atoms with Gasteiger partial charge in [0.15, 0.2) is 17.3 Å². The molecule has 0 aromatic heterocycles. The summed E-state index contributed by atoms with van der Waals surface area (Å²) in [6.45, 7) is 3.96. The first kappa shape index (κ1) is 18.3. The van der Waals surface area contributed by atoms with Crippen LogP contribution in [0.3, 0.4) is 0 Å². The Kier molecular flexibility index (Phi) is 6.34. The fourth-order valence-electron chi connectivity index (χ4n) is 2.21. The third-order valence-corrected chi connectivity index (χ3v) is 3.47. The maximum absolute atomic E-state index is 12.0. The number of amides is 1. The van der Waals surface area contributed by atoms with Crippen LogP contribution < -0.4 is 14.8 Å². The summed E-state index contributed by atoms with van der Waals surface area (Å²) in [5, 5.41) is 2.75. The average Bonchev–Trinajstić information content (AvgIpc) is 2.61. The Balaban J connectivity index is 2.03. The number of rotatable bonds is 7. The van der Waals surface area contributed by atoms with Crippen LogP contribution in [-0.2, 0) is 4.79 Å². The van der Waals surface area contributed by atoms with Gasteiger partial charge in [-0.2, -0.15) is 0 Å². The molecule has 0 unspecified atom stereocenters. The molecule has 5 heteroatoms. The minimum Gasteiger partial charge on any atom is -0.493 e. The van der Waals surface area contributed by atoms with E-state index in [9.17, 15) is 9.59 Å². The second-order valence-electron chi connectivity index (χ2n) is 5.30. The van der Waals surface area contributed by atoms with Crippen molar-refractivity contribution in [3.8, 4) is 11.5 Å². The second kappa shape index (κ2) is 8.68. The lowest BCUT2D eigenvalue weighted by atomic mass is 10.1. The van der Waals surface area contributed by atoms with Crippen molar-refractivity contribution in [2.75, 3.05) is 19.0 Å². The smallest absolute Gasteiger partial charge is 0.248 e. The molecular weight excluding hydrogens is 318 g/mol. The second-order valence-corrected chi connectivity index (χ2v) is 5.30. The molecule has 0 saturated carbocycles. The Bertz CT molecular complexity index is 779. The normalized spacial score (nSPS) is 10.5. The van der Waals surface area contributed by atoms with Crippen LogP contribution in [0.1, 0.15) is 29.8 Å². The Morgan fingerprint density at radius 1 is 1.08 bits per heavy atom. The molecule has 1 N–H and O–H groups in total. The standard InChI is InChI=1S/C20H21NO4/c1-4-25-18-11-5-15(13-19(18)24-3)6-12-20(23)21-17-9-7-16(8-10-17)14(2)22/h5-13H,4H2,1-3H3,(H,21,23). The molecule has 2 rings (SSSR count). The van der Waals surface area contributed by atoms with Gasteiger partial charge in [-0.3, -0.25) is 9.59 Å². The minimum absolute atomic E-state index is 0.0118. The molecule has 0 saturated heterocycles. The van der Waals surface area contributed by atoms with Crippen LogP contribution in [0.25, 0.3) is 6.08 Å². The van der Waals surface area contributed by atoms with E-state index in [1.54, 1.807) is 49.6 Å². The fourth-order valence-corrected chi connectivity index (χ4v) is 2.21. The molecule has 2 aromatic rings. The number of hydrogen-bond donors (Lipinski definition) is 1. The molecule has 0 fully saturated rings. The molecule has 0 atom stereocenters. The zero-order chi connectivity index (χ0) is 18.2. The molecule has 25 heavy (non-hydrogen) atoms. The molecule has 0 spiro atoms. The summed E-state index contributed by atoms with van der Waals surface area (Å²) in [7, 11) is 1.57. The third-order valence-electron chi connectivity index (χ3n) is 3.47. The van der Waals surface area contributed by atoms with Gasteiger partial charge in [-0.15, -0.1) is 0 Å². The SMILES string of the molecule is CCOc1ccc(C=CC(=O)Nc2ccc(C(C)=O)cc2)cc1OC. The van der Waals surface area contributed by atoms with Gasteiger partial charge in [-0.1, -0.05) is 6.07 Å². The molecule has 0 heterocycles. The van der Waals surface area contributed by atoms with Crippen molar-refractivity contribution in [1.29, 1.82) is 0 Å². The van der Waals surface area contributed by atoms with E-state index in [-0.39, 0.29) is 11.7 Å². The number of carbonyl (C=O) groups excluding carboxylic acids is 2. The highest BCUT2D eigenvalue weighted by atomic mass is 16.5. The van der Waals surface area contributed by atoms with E-state index < -0.39 is 0 Å². The highest BCUT2D eigenvalue weighted by Gasteiger charge is 2.05. The molecular formula is C20H21NO4. The van der Waals surface area contributed by atoms with E-state index in [1.165, 1.54) is 13.0 Å². The minimum atomic E-state index is -0.261. The first-order valence-corrected chi connectivity index (χ1v) is 7.94. The average molecular weight is 339 g/mol. The monoisotopic (exact) mass is 339 g/mol. The van der Waals surface area contributed by atoms with Crippen molar-refractivity contribution in [1.82, 2.24) is 0 Å². The van der Waals surface area contributed by atoms with Gasteiger partial charge in [0.2, 0.25) is 5.91 Å². The van der Waals surface area contributed by atoms with Crippen molar-refractivity contribution in [2.24, 2.45) is 0 Å². The lowest BCUT2D eigenvalue weighted by molar-refractivity contribution is -0.111. The molecule has 5 nitrogen and oxygen atoms in total. The van der Waals surface area contributed by atoms with Gasteiger partial charge in [-0.05, 0) is 61.9 Å². The van der Waals surface area contributed by atoms with Crippen LogP contribution >= 0.6 is 0 Å². The summed E-state index contributed by atoms with van der Waals surface area (Å²) >= 11 is 0. The maximum atomic E-state index is 12.0. The number of benzene rings is 2. The van der Waals surface area contributed by atoms with Gasteiger partial charge in [0, 0.05) is 17.3 Å². The van der Waals surface area contributed by atoms with Gasteiger partial charge in [0.05, 0.1) is 13.7 Å². The lowest BCUT2D eigenvalue weighted by Gasteiger charge is -2.09. The third kappa shape index (κ3) is 5.21. The summed E-state index contributed by atoms with van der Waals surface area (Å²) in [4.78, 5) is 23.2. The highest BCUT2D eigenvalue weighted by molar-refractivity contribution is 6.02. The van der Waals surface area contributed by atoms with Crippen LogP contribution in [0.2, 0.25) is 0 Å². The topological polar surface area (TPSA) is 64.6 Å². The van der Waals surface area contributed by atoms with Crippen molar-refractivity contribution >= 4 is 23.5 Å². The quantitative estimate of drug-likeness (QED) is 0.613. The van der Waals surface area contributed by atoms with Gasteiger partial charge in [0.1, 0.15) is 0 Å². The zero-order valence-corrected chi connectivity index (χ0v) is 14.5. The van der Waals surface area contributed by atoms with Crippen LogP contribution in [-0.4, -0.2) is 25.4 Å². The predicted molar refractivity (Wildman–Crippen MR) is 98.3 cm³/mol. The van der Waals surface area contributed by atoms with Gasteiger partial charge < -0.3 is 14.8 Å². The summed E-state index contributed by atoms with van der Waals surface area (Å²) in [6, 6.07) is 12.2. The van der Waals surface area contributed by atoms with Crippen LogP contribution in [0.4, 0.5) is 5.69 Å². The van der Waals surface area contributed by atoms with Crippen molar-refractivity contribution in [2.45, 2.75) is 13.8 Å². The number of nitrogens with one attached hydrogen (secondary N) is 1. The van der Waals surface area contributed by atoms with Crippen LogP contribution in [0.5, 0.6) is 11.5 Å². The molecule has 2 aromatic carbocycles. The van der Waals surface area contributed by atoms with E-state index in [4.69, 9.17) is 9.47 Å². The van der Waals surface area contributed by atoms with E-state index in [2.05, 4.69) is 5.32 Å². The maximum Gasteiger partial charge on any atom is 0.248 e. The Morgan fingerprint density at radius 2 is 1.80 bits per heavy atom. The largest absolute Gasteiger partial charge is 0.493 e. The fraction of sp³-hybridized carbons (Fsp3) is 0.200. The molecule has 1 amide bonds. The first-order valence-electron chi connectivity index (χ1n) is 7.94. The summed E-state index contributed by atoms with van der Waals surface area (Å²) < 4.78 is 10.7. The Labute approximate surface area is 147 Å². The van der Waals surface area contributed by atoms with E-state index in [1.807, 2.05) is 13.0 Å². The number of anilines is 1. The number of Topliss-reactive ketones (excluding diaryl/α,β-unsaturated/α-hetero) is 1. The number of ketones is 1.